The summed E-state index contributed by atoms with van der Waals surface area (Å²) < 4.78 is 5.44. The summed E-state index contributed by atoms with van der Waals surface area (Å²) >= 11 is 0. The zero-order valence-electron chi connectivity index (χ0n) is 11.4. The van der Waals surface area contributed by atoms with Crippen LogP contribution in [0.25, 0.3) is 0 Å². The lowest BCUT2D eigenvalue weighted by molar-refractivity contribution is 0.267. The zero-order valence-corrected chi connectivity index (χ0v) is 11.4. The molecule has 20 heavy (non-hydrogen) atoms. The molecule has 2 aromatic rings. The first-order valence-electron chi connectivity index (χ1n) is 6.54. The lowest BCUT2D eigenvalue weighted by Crippen LogP contribution is -1.98. The Kier molecular flexibility index (Phi) is 5.15. The molecule has 2 N–H and O–H groups in total. The Labute approximate surface area is 118 Å². The number of ether oxygens (including phenoxy) is 1. The molecule has 0 saturated carbocycles. The van der Waals surface area contributed by atoms with Gasteiger partial charge in [-0.2, -0.15) is 5.10 Å². The van der Waals surface area contributed by atoms with Crippen molar-refractivity contribution in [2.45, 2.75) is 13.5 Å². The summed E-state index contributed by atoms with van der Waals surface area (Å²) in [5.74, 6) is 0.711. The zero-order chi connectivity index (χ0) is 14.2. The molecule has 4 nitrogen and oxygen atoms in total. The minimum absolute atomic E-state index is 0.0525. The first kappa shape index (κ1) is 14.1. The number of aliphatic hydroxyl groups excluding tert-OH is 1. The molecule has 0 amide bonds. The van der Waals surface area contributed by atoms with Crippen molar-refractivity contribution in [1.82, 2.24) is 0 Å². The average Bonchev–Trinajstić information content (AvgIpc) is 2.50. The van der Waals surface area contributed by atoms with Crippen molar-refractivity contribution >= 4 is 11.9 Å². The van der Waals surface area contributed by atoms with E-state index >= 15 is 0 Å². The molecule has 0 atom stereocenters. The van der Waals surface area contributed by atoms with E-state index in [0.717, 1.165) is 16.8 Å². The number of hydrazone groups is 1. The molecule has 0 aliphatic carbocycles. The van der Waals surface area contributed by atoms with Crippen molar-refractivity contribution in [2.24, 2.45) is 5.10 Å². The van der Waals surface area contributed by atoms with Crippen molar-refractivity contribution < 1.29 is 9.84 Å². The Morgan fingerprint density at radius 2 is 2.00 bits per heavy atom. The molecule has 2 rings (SSSR count). The van der Waals surface area contributed by atoms with E-state index in [9.17, 15) is 5.11 Å². The summed E-state index contributed by atoms with van der Waals surface area (Å²) in [6.45, 7) is 2.44. The molecular weight excluding hydrogens is 252 g/mol. The molecule has 0 radical (unpaired) electrons. The molecule has 0 aliphatic rings. The summed E-state index contributed by atoms with van der Waals surface area (Å²) in [5, 5.41) is 13.5. The van der Waals surface area contributed by atoms with E-state index < -0.39 is 0 Å². The largest absolute Gasteiger partial charge is 0.494 e. The Balaban J connectivity index is 2.06. The van der Waals surface area contributed by atoms with Crippen LogP contribution in [0.5, 0.6) is 5.75 Å². The van der Waals surface area contributed by atoms with Gasteiger partial charge in [0.05, 0.1) is 25.1 Å². The number of benzene rings is 2. The van der Waals surface area contributed by atoms with Crippen LogP contribution in [0.4, 0.5) is 5.69 Å². The van der Waals surface area contributed by atoms with Crippen LogP contribution in [0.15, 0.2) is 53.6 Å². The van der Waals surface area contributed by atoms with Crippen LogP contribution in [-0.2, 0) is 6.61 Å². The number of para-hydroxylation sites is 1. The number of rotatable bonds is 6. The highest BCUT2D eigenvalue weighted by molar-refractivity contribution is 5.81. The van der Waals surface area contributed by atoms with Crippen molar-refractivity contribution in [3.05, 3.63) is 59.7 Å². The Morgan fingerprint density at radius 3 is 2.70 bits per heavy atom. The average molecular weight is 270 g/mol. The summed E-state index contributed by atoms with van der Waals surface area (Å²) in [6.07, 6.45) is 1.71. The van der Waals surface area contributed by atoms with Gasteiger partial charge in [-0.05, 0) is 42.8 Å². The number of nitrogens with zero attached hydrogens (tertiary/aromatic N) is 1. The van der Waals surface area contributed by atoms with Gasteiger partial charge < -0.3 is 9.84 Å². The van der Waals surface area contributed by atoms with Crippen molar-refractivity contribution in [3.8, 4) is 5.75 Å². The third-order valence-electron chi connectivity index (χ3n) is 2.74. The third-order valence-corrected chi connectivity index (χ3v) is 2.74. The van der Waals surface area contributed by atoms with E-state index in [4.69, 9.17) is 4.74 Å². The van der Waals surface area contributed by atoms with E-state index in [2.05, 4.69) is 10.5 Å². The second-order valence-electron chi connectivity index (χ2n) is 4.19. The van der Waals surface area contributed by atoms with E-state index in [1.165, 1.54) is 0 Å². The third kappa shape index (κ3) is 3.83. The topological polar surface area (TPSA) is 53.8 Å². The second-order valence-corrected chi connectivity index (χ2v) is 4.19. The molecule has 4 heteroatoms. The Hall–Kier alpha value is -2.33. The molecule has 2 aromatic carbocycles. The quantitative estimate of drug-likeness (QED) is 0.626. The van der Waals surface area contributed by atoms with Crippen LogP contribution in [-0.4, -0.2) is 17.9 Å². The van der Waals surface area contributed by atoms with Gasteiger partial charge in [0, 0.05) is 5.56 Å². The van der Waals surface area contributed by atoms with Crippen LogP contribution in [0.1, 0.15) is 18.1 Å². The van der Waals surface area contributed by atoms with Crippen LogP contribution in [0, 0.1) is 0 Å². The van der Waals surface area contributed by atoms with E-state index in [1.54, 1.807) is 6.21 Å². The molecule has 0 fully saturated rings. The minimum atomic E-state index is -0.0525. The molecule has 0 bridgehead atoms. The fourth-order valence-electron chi connectivity index (χ4n) is 1.79. The maximum absolute atomic E-state index is 9.33. The van der Waals surface area contributed by atoms with Crippen LogP contribution in [0.2, 0.25) is 0 Å². The molecule has 0 spiro atoms. The highest BCUT2D eigenvalue weighted by atomic mass is 16.5. The van der Waals surface area contributed by atoms with Gasteiger partial charge in [0.2, 0.25) is 0 Å². The smallest absolute Gasteiger partial charge is 0.124 e. The van der Waals surface area contributed by atoms with Crippen LogP contribution < -0.4 is 10.2 Å². The van der Waals surface area contributed by atoms with Gasteiger partial charge in [-0.25, -0.2) is 0 Å². The van der Waals surface area contributed by atoms with Gasteiger partial charge in [-0.1, -0.05) is 18.2 Å². The first-order valence-corrected chi connectivity index (χ1v) is 6.54. The predicted molar refractivity (Wildman–Crippen MR) is 81.2 cm³/mol. The summed E-state index contributed by atoms with van der Waals surface area (Å²) in [6, 6.07) is 15.3. The van der Waals surface area contributed by atoms with Crippen LogP contribution in [0.3, 0.4) is 0 Å². The lowest BCUT2D eigenvalue weighted by Gasteiger charge is -2.08. The standard InChI is InChI=1S/C16H18N2O2/c1-2-20-16-9-8-13(10-14(16)12-19)11-17-18-15-6-4-3-5-7-15/h3-11,18-19H,2,12H2,1H3. The highest BCUT2D eigenvalue weighted by Gasteiger charge is 2.02. The molecule has 0 unspecified atom stereocenters. The predicted octanol–water partition coefficient (Wildman–Crippen LogP) is 3.02. The Bertz CT molecular complexity index is 568. The van der Waals surface area contributed by atoms with Gasteiger partial charge in [0.25, 0.3) is 0 Å². The maximum atomic E-state index is 9.33. The first-order chi connectivity index (χ1) is 9.83. The van der Waals surface area contributed by atoms with Crippen molar-refractivity contribution in [1.29, 1.82) is 0 Å². The van der Waals surface area contributed by atoms with Gasteiger partial charge in [-0.3, -0.25) is 5.43 Å². The molecule has 0 saturated heterocycles. The van der Waals surface area contributed by atoms with E-state index in [-0.39, 0.29) is 6.61 Å². The van der Waals surface area contributed by atoms with Crippen LogP contribution >= 0.6 is 0 Å². The second kappa shape index (κ2) is 7.31. The lowest BCUT2D eigenvalue weighted by atomic mass is 10.1. The van der Waals surface area contributed by atoms with Gasteiger partial charge in [-0.15, -0.1) is 0 Å². The molecule has 104 valence electrons. The van der Waals surface area contributed by atoms with Crippen molar-refractivity contribution in [2.75, 3.05) is 12.0 Å². The number of aliphatic hydroxyl groups is 1. The molecule has 0 aromatic heterocycles. The summed E-state index contributed by atoms with van der Waals surface area (Å²) in [5.41, 5.74) is 5.54. The number of anilines is 1. The summed E-state index contributed by atoms with van der Waals surface area (Å²) in [4.78, 5) is 0. The monoisotopic (exact) mass is 270 g/mol. The maximum Gasteiger partial charge on any atom is 0.124 e. The number of hydrogen-bond donors (Lipinski definition) is 2. The van der Waals surface area contributed by atoms with Crippen molar-refractivity contribution in [3.63, 3.8) is 0 Å². The summed E-state index contributed by atoms with van der Waals surface area (Å²) in [7, 11) is 0. The van der Waals surface area contributed by atoms with Gasteiger partial charge in [0.1, 0.15) is 5.75 Å². The molecule has 0 aliphatic heterocycles. The van der Waals surface area contributed by atoms with Gasteiger partial charge >= 0.3 is 0 Å². The molecular formula is C16H18N2O2. The fraction of sp³-hybridized carbons (Fsp3) is 0.188. The number of nitrogens with one attached hydrogen (secondary N) is 1. The van der Waals surface area contributed by atoms with Gasteiger partial charge in [0.15, 0.2) is 0 Å². The fourth-order valence-corrected chi connectivity index (χ4v) is 1.79. The minimum Gasteiger partial charge on any atom is -0.494 e. The highest BCUT2D eigenvalue weighted by Crippen LogP contribution is 2.19. The molecule has 0 heterocycles. The SMILES string of the molecule is CCOc1ccc(C=NNc2ccccc2)cc1CO. The van der Waals surface area contributed by atoms with E-state index in [0.29, 0.717) is 12.4 Å². The normalized spacial score (nSPS) is 10.7. The van der Waals surface area contributed by atoms with E-state index in [1.807, 2.05) is 55.5 Å². The number of hydrogen-bond acceptors (Lipinski definition) is 4. The Morgan fingerprint density at radius 1 is 1.20 bits per heavy atom.